The highest BCUT2D eigenvalue weighted by Crippen LogP contribution is 2.45. The smallest absolute Gasteiger partial charge is 0.231 e. The van der Waals surface area contributed by atoms with Crippen molar-refractivity contribution in [3.63, 3.8) is 0 Å². The van der Waals surface area contributed by atoms with Crippen LogP contribution in [0, 0.1) is 17.8 Å². The summed E-state index contributed by atoms with van der Waals surface area (Å²) in [5.41, 5.74) is 7.77. The highest BCUT2D eigenvalue weighted by molar-refractivity contribution is 5.85. The minimum Gasteiger partial charge on any atom is -0.492 e. The molecule has 2 aromatic heterocycles. The van der Waals surface area contributed by atoms with Gasteiger partial charge in [0, 0.05) is 37.4 Å². The number of carbonyl (C=O) groups is 1. The number of anilines is 3. The lowest BCUT2D eigenvalue weighted by molar-refractivity contribution is -0.122. The van der Waals surface area contributed by atoms with Crippen LogP contribution in [0.25, 0.3) is 11.2 Å². The molecular formula is C25H30N8O3. The SMILES string of the molecule is NC(=O)[C@H]1[C@@H](Nc2nc(Nc3cccc(OCCN4CCOCC4)c3)nc3nc[nH]c23)[C@@H]2C=C[C@@H]1C2. The molecule has 1 saturated heterocycles. The van der Waals surface area contributed by atoms with Gasteiger partial charge in [-0.1, -0.05) is 18.2 Å². The van der Waals surface area contributed by atoms with E-state index in [1.807, 2.05) is 24.3 Å². The Hall–Kier alpha value is -3.70. The third kappa shape index (κ3) is 4.59. The van der Waals surface area contributed by atoms with Crippen molar-refractivity contribution in [1.29, 1.82) is 0 Å². The Labute approximate surface area is 208 Å². The first-order valence-corrected chi connectivity index (χ1v) is 12.4. The number of benzene rings is 1. The lowest BCUT2D eigenvalue weighted by Crippen LogP contribution is -2.41. The Bertz CT molecular complexity index is 1270. The maximum absolute atomic E-state index is 12.2. The molecule has 3 aliphatic rings. The second kappa shape index (κ2) is 9.75. The van der Waals surface area contributed by atoms with E-state index in [1.165, 1.54) is 0 Å². The van der Waals surface area contributed by atoms with Crippen molar-refractivity contribution in [2.45, 2.75) is 12.5 Å². The number of carbonyl (C=O) groups excluding carboxylic acids is 1. The summed E-state index contributed by atoms with van der Waals surface area (Å²) in [4.78, 5) is 31.2. The zero-order valence-corrected chi connectivity index (χ0v) is 19.9. The second-order valence-electron chi connectivity index (χ2n) is 9.50. The zero-order chi connectivity index (χ0) is 24.5. The monoisotopic (exact) mass is 490 g/mol. The summed E-state index contributed by atoms with van der Waals surface area (Å²) >= 11 is 0. The van der Waals surface area contributed by atoms with E-state index in [2.05, 4.69) is 42.6 Å². The van der Waals surface area contributed by atoms with E-state index in [9.17, 15) is 4.79 Å². The standard InChI is InChI=1S/C25H30N8O3/c26-22(34)19-15-4-5-16(12-15)20(19)30-24-21-23(28-14-27-21)31-25(32-24)29-17-2-1-3-18(13-17)36-11-8-33-6-9-35-10-7-33/h1-5,13-16,19-20H,6-12H2,(H2,26,34)(H3,27,28,29,30,31,32)/t15-,16-,19-,20+/m1/s1. The lowest BCUT2D eigenvalue weighted by Gasteiger charge is -2.27. The number of H-pyrrole nitrogens is 1. The molecule has 0 radical (unpaired) electrons. The Morgan fingerprint density at radius 1 is 1.22 bits per heavy atom. The van der Waals surface area contributed by atoms with E-state index in [1.54, 1.807) is 6.33 Å². The van der Waals surface area contributed by atoms with Gasteiger partial charge in [-0.2, -0.15) is 9.97 Å². The molecule has 1 saturated carbocycles. The van der Waals surface area contributed by atoms with Crippen molar-refractivity contribution in [3.05, 3.63) is 42.7 Å². The number of imidazole rings is 1. The number of nitrogens with zero attached hydrogens (tertiary/aromatic N) is 4. The van der Waals surface area contributed by atoms with Gasteiger partial charge in [0.1, 0.15) is 17.9 Å². The Kier molecular flexibility index (Phi) is 6.16. The average molecular weight is 491 g/mol. The van der Waals surface area contributed by atoms with Crippen LogP contribution in [0.4, 0.5) is 17.5 Å². The van der Waals surface area contributed by atoms with Crippen LogP contribution in [-0.4, -0.2) is 76.2 Å². The van der Waals surface area contributed by atoms with Gasteiger partial charge >= 0.3 is 0 Å². The van der Waals surface area contributed by atoms with Gasteiger partial charge in [-0.3, -0.25) is 9.69 Å². The first-order chi connectivity index (χ1) is 17.6. The summed E-state index contributed by atoms with van der Waals surface area (Å²) in [6.45, 7) is 4.89. The summed E-state index contributed by atoms with van der Waals surface area (Å²) in [6.07, 6.45) is 6.78. The molecule has 6 rings (SSSR count). The molecule has 1 aliphatic heterocycles. The van der Waals surface area contributed by atoms with Crippen LogP contribution in [0.2, 0.25) is 0 Å². The number of fused-ring (bicyclic) bond motifs is 3. The summed E-state index contributed by atoms with van der Waals surface area (Å²) in [6, 6.07) is 7.60. The third-order valence-corrected chi connectivity index (χ3v) is 7.25. The Morgan fingerprint density at radius 3 is 2.94 bits per heavy atom. The van der Waals surface area contributed by atoms with Gasteiger partial charge in [0.2, 0.25) is 11.9 Å². The number of nitrogens with one attached hydrogen (secondary N) is 3. The van der Waals surface area contributed by atoms with Gasteiger partial charge in [-0.05, 0) is 30.4 Å². The molecule has 188 valence electrons. The van der Waals surface area contributed by atoms with E-state index in [0.29, 0.717) is 29.5 Å². The number of aromatic amines is 1. The van der Waals surface area contributed by atoms with E-state index >= 15 is 0 Å². The summed E-state index contributed by atoms with van der Waals surface area (Å²) in [5.74, 6) is 1.62. The minimum absolute atomic E-state index is 0.116. The fraction of sp³-hybridized carbons (Fsp3) is 0.440. The van der Waals surface area contributed by atoms with Crippen LogP contribution >= 0.6 is 0 Å². The van der Waals surface area contributed by atoms with Crippen LogP contribution in [-0.2, 0) is 9.53 Å². The molecule has 0 unspecified atom stereocenters. The number of amides is 1. The van der Waals surface area contributed by atoms with E-state index < -0.39 is 0 Å². The molecule has 0 spiro atoms. The van der Waals surface area contributed by atoms with Crippen LogP contribution < -0.4 is 21.1 Å². The number of hydrogen-bond donors (Lipinski definition) is 4. The molecule has 3 aromatic rings. The number of nitrogens with two attached hydrogens (primary N) is 1. The Morgan fingerprint density at radius 2 is 2.08 bits per heavy atom. The van der Waals surface area contributed by atoms with E-state index in [4.69, 9.17) is 20.2 Å². The molecular weight excluding hydrogens is 460 g/mol. The topological polar surface area (TPSA) is 143 Å². The van der Waals surface area contributed by atoms with Gasteiger partial charge < -0.3 is 30.8 Å². The minimum atomic E-state index is -0.289. The lowest BCUT2D eigenvalue weighted by atomic mass is 9.88. The Balaban J connectivity index is 1.17. The quantitative estimate of drug-likeness (QED) is 0.331. The predicted molar refractivity (Wildman–Crippen MR) is 135 cm³/mol. The largest absolute Gasteiger partial charge is 0.492 e. The molecule has 5 N–H and O–H groups in total. The molecule has 4 atom stereocenters. The van der Waals surface area contributed by atoms with E-state index in [0.717, 1.165) is 50.7 Å². The fourth-order valence-corrected chi connectivity index (χ4v) is 5.47. The maximum atomic E-state index is 12.2. The summed E-state index contributed by atoms with van der Waals surface area (Å²) in [5, 5.41) is 6.75. The van der Waals surface area contributed by atoms with Crippen molar-refractivity contribution < 1.29 is 14.3 Å². The first-order valence-electron chi connectivity index (χ1n) is 12.4. The summed E-state index contributed by atoms with van der Waals surface area (Å²) in [7, 11) is 0. The number of morpholine rings is 1. The number of ether oxygens (including phenoxy) is 2. The van der Waals surface area contributed by atoms with E-state index in [-0.39, 0.29) is 29.7 Å². The van der Waals surface area contributed by atoms with Gasteiger partial charge in [-0.25, -0.2) is 4.98 Å². The first kappa shape index (κ1) is 22.7. The molecule has 3 heterocycles. The molecule has 36 heavy (non-hydrogen) atoms. The number of hydrogen-bond acceptors (Lipinski definition) is 9. The average Bonchev–Trinajstić information content (AvgIpc) is 3.62. The van der Waals surface area contributed by atoms with Crippen molar-refractivity contribution >= 4 is 34.5 Å². The normalized spacial score (nSPS) is 25.3. The molecule has 1 aromatic carbocycles. The number of rotatable bonds is 9. The molecule has 2 fully saturated rings. The third-order valence-electron chi connectivity index (χ3n) is 7.25. The summed E-state index contributed by atoms with van der Waals surface area (Å²) < 4.78 is 11.4. The highest BCUT2D eigenvalue weighted by Gasteiger charge is 2.47. The number of allylic oxidation sites excluding steroid dienone is 1. The number of aromatic nitrogens is 4. The van der Waals surface area contributed by atoms with Crippen molar-refractivity contribution in [1.82, 2.24) is 24.8 Å². The van der Waals surface area contributed by atoms with Gasteiger partial charge in [0.25, 0.3) is 0 Å². The van der Waals surface area contributed by atoms with Crippen LogP contribution in [0.1, 0.15) is 6.42 Å². The molecule has 11 heteroatoms. The van der Waals surface area contributed by atoms with Gasteiger partial charge in [0.05, 0.1) is 25.5 Å². The fourth-order valence-electron chi connectivity index (χ4n) is 5.47. The molecule has 2 bridgehead atoms. The molecule has 2 aliphatic carbocycles. The molecule has 1 amide bonds. The second-order valence-corrected chi connectivity index (χ2v) is 9.50. The predicted octanol–water partition coefficient (Wildman–Crippen LogP) is 1.90. The van der Waals surface area contributed by atoms with Gasteiger partial charge in [-0.15, -0.1) is 0 Å². The number of primary amides is 1. The van der Waals surface area contributed by atoms with Crippen LogP contribution in [0.3, 0.4) is 0 Å². The zero-order valence-electron chi connectivity index (χ0n) is 19.9. The highest BCUT2D eigenvalue weighted by atomic mass is 16.5. The maximum Gasteiger partial charge on any atom is 0.231 e. The van der Waals surface area contributed by atoms with Crippen molar-refractivity contribution in [2.75, 3.05) is 50.1 Å². The van der Waals surface area contributed by atoms with Crippen LogP contribution in [0.5, 0.6) is 5.75 Å². The van der Waals surface area contributed by atoms with Crippen molar-refractivity contribution in [3.8, 4) is 5.75 Å². The molecule has 11 nitrogen and oxygen atoms in total. The van der Waals surface area contributed by atoms with Crippen LogP contribution in [0.15, 0.2) is 42.7 Å². The van der Waals surface area contributed by atoms with Crippen molar-refractivity contribution in [2.24, 2.45) is 23.5 Å². The van der Waals surface area contributed by atoms with Gasteiger partial charge in [0.15, 0.2) is 11.5 Å².